The van der Waals surface area contributed by atoms with Gasteiger partial charge in [0.15, 0.2) is 11.9 Å². The number of halogens is 1. The van der Waals surface area contributed by atoms with E-state index in [0.29, 0.717) is 29.7 Å². The minimum atomic E-state index is -0.907. The predicted octanol–water partition coefficient (Wildman–Crippen LogP) is 2.21. The number of nitrogens with one attached hydrogen (secondary N) is 3. The molecule has 7 nitrogen and oxygen atoms in total. The van der Waals surface area contributed by atoms with E-state index in [0.717, 1.165) is 12.1 Å². The molecule has 0 fully saturated rings. The molecule has 2 amide bonds. The van der Waals surface area contributed by atoms with Crippen LogP contribution in [-0.4, -0.2) is 28.7 Å². The van der Waals surface area contributed by atoms with Crippen molar-refractivity contribution in [2.75, 3.05) is 0 Å². The number of carbonyl (C=O) groups excluding carboxylic acids is 3. The summed E-state index contributed by atoms with van der Waals surface area (Å²) in [6.45, 7) is 3.21. The lowest BCUT2D eigenvalue weighted by Crippen LogP contribution is -2.47. The summed E-state index contributed by atoms with van der Waals surface area (Å²) in [5.74, 6) is -1.17. The van der Waals surface area contributed by atoms with E-state index in [2.05, 4.69) is 15.8 Å². The summed E-state index contributed by atoms with van der Waals surface area (Å²) in [5, 5.41) is 0. The minimum Gasteiger partial charge on any atom is -0.481 e. The summed E-state index contributed by atoms with van der Waals surface area (Å²) in [6.07, 6.45) is 1.03. The van der Waals surface area contributed by atoms with Gasteiger partial charge in [0, 0.05) is 17.7 Å². The SMILES string of the molecule is Cc1c(C(=O)NNC(=O)C(C)Oc2ccc(F)cc2)[nH]c2c1C(=O)CCC2. The fourth-order valence-electron chi connectivity index (χ4n) is 3.05. The van der Waals surface area contributed by atoms with Crippen LogP contribution in [0.3, 0.4) is 0 Å². The molecule has 1 unspecified atom stereocenters. The lowest BCUT2D eigenvalue weighted by Gasteiger charge is -2.15. The summed E-state index contributed by atoms with van der Waals surface area (Å²) < 4.78 is 18.3. The average Bonchev–Trinajstić information content (AvgIpc) is 2.99. The largest absolute Gasteiger partial charge is 0.481 e. The topological polar surface area (TPSA) is 100 Å². The number of hydrogen-bond acceptors (Lipinski definition) is 4. The zero-order valence-corrected chi connectivity index (χ0v) is 15.0. The van der Waals surface area contributed by atoms with Gasteiger partial charge in [-0.25, -0.2) is 4.39 Å². The highest BCUT2D eigenvalue weighted by molar-refractivity contribution is 6.04. The van der Waals surface area contributed by atoms with Gasteiger partial charge in [-0.3, -0.25) is 25.2 Å². The van der Waals surface area contributed by atoms with Crippen molar-refractivity contribution in [3.8, 4) is 5.75 Å². The number of ether oxygens (including phenoxy) is 1. The third kappa shape index (κ3) is 3.99. The van der Waals surface area contributed by atoms with E-state index >= 15 is 0 Å². The highest BCUT2D eigenvalue weighted by Crippen LogP contribution is 2.26. The maximum Gasteiger partial charge on any atom is 0.286 e. The van der Waals surface area contributed by atoms with E-state index in [1.54, 1.807) is 6.92 Å². The van der Waals surface area contributed by atoms with E-state index in [1.807, 2.05) is 0 Å². The third-order valence-electron chi connectivity index (χ3n) is 4.46. The second-order valence-corrected chi connectivity index (χ2v) is 6.41. The van der Waals surface area contributed by atoms with Gasteiger partial charge in [-0.1, -0.05) is 0 Å². The minimum absolute atomic E-state index is 0.0226. The first-order valence-electron chi connectivity index (χ1n) is 8.64. The highest BCUT2D eigenvalue weighted by Gasteiger charge is 2.26. The number of aryl methyl sites for hydroxylation is 1. The molecule has 0 saturated carbocycles. The predicted molar refractivity (Wildman–Crippen MR) is 94.9 cm³/mol. The summed E-state index contributed by atoms with van der Waals surface area (Å²) in [4.78, 5) is 39.5. The molecule has 0 radical (unpaired) electrons. The van der Waals surface area contributed by atoms with Crippen molar-refractivity contribution in [3.05, 3.63) is 52.6 Å². The molecule has 1 aliphatic carbocycles. The van der Waals surface area contributed by atoms with Crippen LogP contribution in [0.2, 0.25) is 0 Å². The number of Topliss-reactive ketones (excluding diaryl/α,β-unsaturated/α-hetero) is 1. The van der Waals surface area contributed by atoms with Crippen LogP contribution in [-0.2, 0) is 11.2 Å². The lowest BCUT2D eigenvalue weighted by atomic mass is 9.94. The van der Waals surface area contributed by atoms with Crippen LogP contribution >= 0.6 is 0 Å². The van der Waals surface area contributed by atoms with E-state index in [-0.39, 0.29) is 11.5 Å². The fourth-order valence-corrected chi connectivity index (χ4v) is 3.05. The van der Waals surface area contributed by atoms with Gasteiger partial charge in [0.1, 0.15) is 17.3 Å². The molecule has 1 aliphatic rings. The Hall–Kier alpha value is -3.16. The van der Waals surface area contributed by atoms with Gasteiger partial charge in [0.05, 0.1) is 0 Å². The number of amides is 2. The normalized spacial score (nSPS) is 14.3. The quantitative estimate of drug-likeness (QED) is 0.716. The van der Waals surface area contributed by atoms with E-state index < -0.39 is 23.7 Å². The van der Waals surface area contributed by atoms with Crippen molar-refractivity contribution < 1.29 is 23.5 Å². The summed E-state index contributed by atoms with van der Waals surface area (Å²) >= 11 is 0. The lowest BCUT2D eigenvalue weighted by molar-refractivity contribution is -0.128. The van der Waals surface area contributed by atoms with Crippen LogP contribution < -0.4 is 15.6 Å². The summed E-state index contributed by atoms with van der Waals surface area (Å²) in [5.41, 5.74) is 6.77. The van der Waals surface area contributed by atoms with Gasteiger partial charge in [0.25, 0.3) is 11.8 Å². The first-order chi connectivity index (χ1) is 12.9. The number of aromatic nitrogens is 1. The van der Waals surface area contributed by atoms with Crippen LogP contribution in [0.5, 0.6) is 5.75 Å². The zero-order valence-electron chi connectivity index (χ0n) is 15.0. The molecule has 0 aliphatic heterocycles. The summed E-state index contributed by atoms with van der Waals surface area (Å²) in [7, 11) is 0. The Morgan fingerprint density at radius 2 is 1.89 bits per heavy atom. The third-order valence-corrected chi connectivity index (χ3v) is 4.46. The molecule has 1 atom stereocenters. The standard InChI is InChI=1S/C19H20FN3O4/c1-10-16-14(4-3-5-15(16)24)21-17(10)19(26)23-22-18(25)11(2)27-13-8-6-12(20)7-9-13/h6-9,11,21H,3-5H2,1-2H3,(H,22,25)(H,23,26). The number of fused-ring (bicyclic) bond motifs is 1. The number of H-pyrrole nitrogens is 1. The van der Waals surface area contributed by atoms with E-state index in [9.17, 15) is 18.8 Å². The van der Waals surface area contributed by atoms with Gasteiger partial charge >= 0.3 is 0 Å². The molecule has 0 spiro atoms. The Kier molecular flexibility index (Phi) is 5.25. The molecule has 142 valence electrons. The number of carbonyl (C=O) groups is 3. The average molecular weight is 373 g/mol. The van der Waals surface area contributed by atoms with Crippen molar-refractivity contribution in [2.24, 2.45) is 0 Å². The Labute approximate surface area is 155 Å². The highest BCUT2D eigenvalue weighted by atomic mass is 19.1. The first kappa shape index (κ1) is 18.6. The monoisotopic (exact) mass is 373 g/mol. The smallest absolute Gasteiger partial charge is 0.286 e. The Morgan fingerprint density at radius 1 is 1.19 bits per heavy atom. The number of hydrogen-bond donors (Lipinski definition) is 3. The Morgan fingerprint density at radius 3 is 2.56 bits per heavy atom. The number of ketones is 1. The first-order valence-corrected chi connectivity index (χ1v) is 8.64. The Bertz CT molecular complexity index is 889. The van der Waals surface area contributed by atoms with E-state index in [4.69, 9.17) is 4.74 Å². The summed E-state index contributed by atoms with van der Waals surface area (Å²) in [6, 6.07) is 5.25. The van der Waals surface area contributed by atoms with Crippen molar-refractivity contribution in [2.45, 2.75) is 39.2 Å². The van der Waals surface area contributed by atoms with Gasteiger partial charge in [-0.05, 0) is 56.5 Å². The van der Waals surface area contributed by atoms with Gasteiger partial charge < -0.3 is 9.72 Å². The maximum atomic E-state index is 12.9. The van der Waals surface area contributed by atoms with Crippen molar-refractivity contribution >= 4 is 17.6 Å². The fraction of sp³-hybridized carbons (Fsp3) is 0.316. The van der Waals surface area contributed by atoms with Gasteiger partial charge in [-0.2, -0.15) is 0 Å². The second-order valence-electron chi connectivity index (χ2n) is 6.41. The number of hydrazine groups is 1. The number of benzene rings is 1. The molecule has 0 saturated heterocycles. The zero-order chi connectivity index (χ0) is 19.6. The van der Waals surface area contributed by atoms with Gasteiger partial charge in [0.2, 0.25) is 0 Å². The molecule has 1 aromatic carbocycles. The van der Waals surface area contributed by atoms with Crippen molar-refractivity contribution in [3.63, 3.8) is 0 Å². The molecule has 8 heteroatoms. The molecular weight excluding hydrogens is 353 g/mol. The molecule has 1 heterocycles. The van der Waals surface area contributed by atoms with Crippen molar-refractivity contribution in [1.29, 1.82) is 0 Å². The van der Waals surface area contributed by atoms with E-state index in [1.165, 1.54) is 31.2 Å². The Balaban J connectivity index is 1.59. The molecule has 0 bridgehead atoms. The van der Waals surface area contributed by atoms with Crippen LogP contribution in [0.1, 0.15) is 51.9 Å². The molecule has 27 heavy (non-hydrogen) atoms. The van der Waals surface area contributed by atoms with Crippen LogP contribution in [0, 0.1) is 12.7 Å². The second kappa shape index (κ2) is 7.61. The molecule has 3 N–H and O–H groups in total. The van der Waals surface area contributed by atoms with Crippen LogP contribution in [0.25, 0.3) is 0 Å². The van der Waals surface area contributed by atoms with Crippen molar-refractivity contribution in [1.82, 2.24) is 15.8 Å². The van der Waals surface area contributed by atoms with Crippen LogP contribution in [0.15, 0.2) is 24.3 Å². The molecule has 3 rings (SSSR count). The van der Waals surface area contributed by atoms with Crippen LogP contribution in [0.4, 0.5) is 4.39 Å². The number of aromatic amines is 1. The molecule has 2 aromatic rings. The van der Waals surface area contributed by atoms with Gasteiger partial charge in [-0.15, -0.1) is 0 Å². The molecule has 1 aromatic heterocycles. The maximum absolute atomic E-state index is 12.9. The number of rotatable bonds is 4. The molecular formula is C19H20FN3O4.